The molecule has 0 aromatic heterocycles. The summed E-state index contributed by atoms with van der Waals surface area (Å²) < 4.78 is -0.924. The van der Waals surface area contributed by atoms with Gasteiger partial charge in [0.15, 0.2) is 0 Å². The summed E-state index contributed by atoms with van der Waals surface area (Å²) in [6, 6.07) is 14.5. The van der Waals surface area contributed by atoms with Crippen LogP contribution in [0, 0.1) is 31.6 Å². The molecule has 0 bridgehead atoms. The van der Waals surface area contributed by atoms with Crippen LogP contribution < -0.4 is 4.90 Å². The number of anilines is 1. The van der Waals surface area contributed by atoms with Crippen LogP contribution in [-0.4, -0.2) is 74.4 Å². The Kier molecular flexibility index (Phi) is 7.56. The fourth-order valence-corrected chi connectivity index (χ4v) is 9.48. The molecule has 2 saturated heterocycles. The Morgan fingerprint density at radius 3 is 2.31 bits per heavy atom. The highest BCUT2D eigenvalue weighted by molar-refractivity contribution is 8.02. The third-order valence-corrected chi connectivity index (χ3v) is 11.2. The third-order valence-electron chi connectivity index (χ3n) is 9.42. The van der Waals surface area contributed by atoms with Gasteiger partial charge in [-0.2, -0.15) is 0 Å². The van der Waals surface area contributed by atoms with Gasteiger partial charge in [0.25, 0.3) is 5.91 Å². The second-order valence-electron chi connectivity index (χ2n) is 12.3. The lowest BCUT2D eigenvalue weighted by Gasteiger charge is -2.40. The van der Waals surface area contributed by atoms with Crippen LogP contribution >= 0.6 is 11.8 Å². The van der Waals surface area contributed by atoms with Crippen LogP contribution in [0.15, 0.2) is 72.8 Å². The number of hydrogen-bond acceptors (Lipinski definition) is 5. The van der Waals surface area contributed by atoms with Gasteiger partial charge in [0, 0.05) is 30.6 Å². The van der Waals surface area contributed by atoms with Crippen molar-refractivity contribution in [2.24, 2.45) is 17.8 Å². The molecule has 0 saturated carbocycles. The lowest BCUT2D eigenvalue weighted by molar-refractivity contribution is -0.145. The van der Waals surface area contributed by atoms with Gasteiger partial charge in [-0.1, -0.05) is 86.7 Å². The molecule has 8 heteroatoms. The predicted octanol–water partition coefficient (Wildman–Crippen LogP) is 4.12. The van der Waals surface area contributed by atoms with Gasteiger partial charge in [-0.05, 0) is 36.5 Å². The minimum Gasteiger partial charge on any atom is -0.394 e. The maximum Gasteiger partial charge on any atom is 0.251 e. The van der Waals surface area contributed by atoms with Crippen LogP contribution in [0.3, 0.4) is 0 Å². The number of thioether (sulfide) groups is 1. The number of amides is 3. The van der Waals surface area contributed by atoms with Gasteiger partial charge in [0.2, 0.25) is 11.8 Å². The molecule has 1 spiro atoms. The summed E-state index contributed by atoms with van der Waals surface area (Å²) in [6.07, 6.45) is 8.15. The van der Waals surface area contributed by atoms with E-state index in [0.717, 1.165) is 22.4 Å². The number of benzene rings is 2. The third kappa shape index (κ3) is 4.42. The van der Waals surface area contributed by atoms with E-state index in [9.17, 15) is 19.5 Å². The van der Waals surface area contributed by atoms with E-state index < -0.39 is 28.7 Å². The fourth-order valence-electron chi connectivity index (χ4n) is 7.48. The molecule has 0 aliphatic carbocycles. The number of fused-ring (bicyclic) bond motifs is 2. The molecule has 42 heavy (non-hydrogen) atoms. The Hall–Kier alpha value is -3.36. The molecular weight excluding hydrogens is 546 g/mol. The molecule has 220 valence electrons. The molecule has 2 aromatic rings. The summed E-state index contributed by atoms with van der Waals surface area (Å²) in [5.41, 5.74) is 3.86. The summed E-state index contributed by atoms with van der Waals surface area (Å²) in [6.45, 7) is 8.98. The van der Waals surface area contributed by atoms with Crippen LogP contribution in [-0.2, 0) is 20.9 Å². The van der Waals surface area contributed by atoms with Crippen molar-refractivity contribution >= 4 is 35.2 Å². The van der Waals surface area contributed by atoms with E-state index >= 15 is 0 Å². The molecule has 2 aromatic carbocycles. The maximum absolute atomic E-state index is 14.8. The van der Waals surface area contributed by atoms with E-state index in [1.54, 1.807) is 21.6 Å². The zero-order valence-electron chi connectivity index (χ0n) is 24.6. The van der Waals surface area contributed by atoms with Crippen molar-refractivity contribution in [3.8, 4) is 0 Å². The topological polar surface area (TPSA) is 81.2 Å². The predicted molar refractivity (Wildman–Crippen MR) is 166 cm³/mol. The first kappa shape index (κ1) is 28.7. The molecule has 6 atom stereocenters. The fraction of sp³-hybridized carbons (Fsp3) is 0.441. The molecule has 2 fully saturated rings. The minimum absolute atomic E-state index is 0.0565. The maximum atomic E-state index is 14.8. The van der Waals surface area contributed by atoms with Gasteiger partial charge in [-0.25, -0.2) is 0 Å². The molecule has 4 aliphatic rings. The first-order valence-corrected chi connectivity index (χ1v) is 15.7. The largest absolute Gasteiger partial charge is 0.394 e. The number of nitrogens with zero attached hydrogens (tertiary/aromatic N) is 3. The first-order valence-electron chi connectivity index (χ1n) is 14.8. The van der Waals surface area contributed by atoms with E-state index in [0.29, 0.717) is 19.6 Å². The van der Waals surface area contributed by atoms with Gasteiger partial charge in [0.05, 0.1) is 29.2 Å². The normalized spacial score (nSPS) is 29.5. The van der Waals surface area contributed by atoms with Crippen molar-refractivity contribution in [3.05, 3.63) is 89.5 Å². The Morgan fingerprint density at radius 2 is 1.64 bits per heavy atom. The van der Waals surface area contributed by atoms with E-state index in [1.807, 2.05) is 99.4 Å². The Balaban J connectivity index is 1.46. The summed E-state index contributed by atoms with van der Waals surface area (Å²) in [5.74, 6) is -1.82. The molecule has 7 nitrogen and oxygen atoms in total. The number of carbonyl (C=O) groups is 3. The van der Waals surface area contributed by atoms with Crippen molar-refractivity contribution in [1.82, 2.24) is 9.80 Å². The number of hydrogen-bond donors (Lipinski definition) is 1. The highest BCUT2D eigenvalue weighted by Gasteiger charge is 2.72. The quantitative estimate of drug-likeness (QED) is 0.516. The molecular formula is C34H39N3O4S. The van der Waals surface area contributed by atoms with Gasteiger partial charge in [0.1, 0.15) is 6.04 Å². The highest BCUT2D eigenvalue weighted by atomic mass is 32.2. The number of aliphatic hydroxyl groups excluding tert-OH is 1. The number of carbonyl (C=O) groups excluding carboxylic acids is 3. The van der Waals surface area contributed by atoms with Crippen LogP contribution in [0.4, 0.5) is 5.69 Å². The van der Waals surface area contributed by atoms with Crippen molar-refractivity contribution in [2.75, 3.05) is 24.6 Å². The molecule has 1 unspecified atom stereocenters. The van der Waals surface area contributed by atoms with Crippen LogP contribution in [0.1, 0.15) is 30.5 Å². The number of para-hydroxylation sites is 1. The van der Waals surface area contributed by atoms with E-state index in [2.05, 4.69) is 6.08 Å². The smallest absolute Gasteiger partial charge is 0.251 e. The van der Waals surface area contributed by atoms with E-state index in [1.165, 1.54) is 0 Å². The number of aryl methyl sites for hydroxylation is 2. The molecule has 3 amide bonds. The summed E-state index contributed by atoms with van der Waals surface area (Å²) >= 11 is 1.58. The lowest BCUT2D eigenvalue weighted by atomic mass is 9.78. The number of rotatable bonds is 6. The molecule has 4 aliphatic heterocycles. The second kappa shape index (κ2) is 11.0. The second-order valence-corrected chi connectivity index (χ2v) is 13.8. The zero-order valence-corrected chi connectivity index (χ0v) is 25.5. The first-order chi connectivity index (χ1) is 20.2. The number of likely N-dealkylation sites (tertiary alicyclic amines) is 1. The molecule has 6 rings (SSSR count). The minimum atomic E-state index is -0.924. The standard InChI is InChI=1S/C34H39N3O4S/c1-21(2)25(20-38)37-30-33(41)36(29-22(3)11-8-12-23(29)4)18-10-16-34(30)28(32(37)40)27-26(42-34)15-9-17-35(31(27)39)19-24-13-6-5-7-14-24/h5-16,21,25-28,30,38H,17-20H2,1-4H3/t25-,26+,27-,28-,30?,34-/m0/s1. The van der Waals surface area contributed by atoms with Gasteiger partial charge < -0.3 is 19.8 Å². The SMILES string of the molecule is Cc1cccc(C)c1N1CC=C[C@]23S[C@@H]4C=CCN(Cc5ccccc5)C(=O)[C@@H]4[C@H]2C(=O)N([C@@H](CO)C(C)C)C3C1=O. The van der Waals surface area contributed by atoms with E-state index in [-0.39, 0.29) is 35.5 Å². The monoisotopic (exact) mass is 585 g/mol. The average Bonchev–Trinajstić information content (AvgIpc) is 3.28. The van der Waals surface area contributed by atoms with Crippen LogP contribution in [0.25, 0.3) is 0 Å². The van der Waals surface area contributed by atoms with Crippen molar-refractivity contribution in [1.29, 1.82) is 0 Å². The summed E-state index contributed by atoms with van der Waals surface area (Å²) in [7, 11) is 0. The summed E-state index contributed by atoms with van der Waals surface area (Å²) in [4.78, 5) is 49.1. The molecule has 1 N–H and O–H groups in total. The van der Waals surface area contributed by atoms with Crippen LogP contribution in [0.5, 0.6) is 0 Å². The highest BCUT2D eigenvalue weighted by Crippen LogP contribution is 2.61. The van der Waals surface area contributed by atoms with E-state index in [4.69, 9.17) is 0 Å². The van der Waals surface area contributed by atoms with Crippen molar-refractivity contribution in [2.45, 2.75) is 56.3 Å². The molecule has 4 heterocycles. The molecule has 0 radical (unpaired) electrons. The summed E-state index contributed by atoms with van der Waals surface area (Å²) in [5, 5.41) is 10.3. The average molecular weight is 586 g/mol. The van der Waals surface area contributed by atoms with Gasteiger partial charge in [-0.15, -0.1) is 11.8 Å². The lowest BCUT2D eigenvalue weighted by Crippen LogP contribution is -2.58. The van der Waals surface area contributed by atoms with Gasteiger partial charge >= 0.3 is 0 Å². The Bertz CT molecular complexity index is 1440. The number of aliphatic hydroxyl groups is 1. The van der Waals surface area contributed by atoms with Crippen LogP contribution in [0.2, 0.25) is 0 Å². The Morgan fingerprint density at radius 1 is 0.929 bits per heavy atom. The van der Waals surface area contributed by atoms with Crippen molar-refractivity contribution < 1.29 is 19.5 Å². The van der Waals surface area contributed by atoms with Gasteiger partial charge in [-0.3, -0.25) is 14.4 Å². The van der Waals surface area contributed by atoms with Crippen molar-refractivity contribution in [3.63, 3.8) is 0 Å². The Labute approximate surface area is 252 Å². The zero-order chi connectivity index (χ0) is 29.8.